The molecule has 0 spiro atoms. The van der Waals surface area contributed by atoms with Crippen LogP contribution in [0.4, 0.5) is 0 Å². The minimum atomic E-state index is -0.0845. The Morgan fingerprint density at radius 3 is 2.58 bits per heavy atom. The van der Waals surface area contributed by atoms with Crippen LogP contribution in [0.2, 0.25) is 5.31 Å². The average molecular weight is 266 g/mol. The van der Waals surface area contributed by atoms with Crippen LogP contribution >= 0.6 is 0 Å². The van der Waals surface area contributed by atoms with E-state index in [9.17, 15) is 0 Å². The Labute approximate surface area is 120 Å². The fourth-order valence-electron chi connectivity index (χ4n) is 2.31. The molecule has 3 heteroatoms. The van der Waals surface area contributed by atoms with Gasteiger partial charge in [0.25, 0.3) is 0 Å². The molecule has 0 bridgehead atoms. The van der Waals surface area contributed by atoms with E-state index in [4.69, 9.17) is 9.47 Å². The van der Waals surface area contributed by atoms with E-state index >= 15 is 0 Å². The lowest BCUT2D eigenvalue weighted by Crippen LogP contribution is -2.32. The van der Waals surface area contributed by atoms with Gasteiger partial charge in [-0.1, -0.05) is 31.3 Å². The predicted octanol–water partition coefficient (Wildman–Crippen LogP) is 3.52. The second-order valence-electron chi connectivity index (χ2n) is 7.45. The zero-order valence-corrected chi connectivity index (χ0v) is 13.5. The molecule has 0 radical (unpaired) electrons. The molecule has 0 aromatic heterocycles. The van der Waals surface area contributed by atoms with Crippen LogP contribution in [0.15, 0.2) is 12.2 Å². The van der Waals surface area contributed by atoms with Gasteiger partial charge in [0.15, 0.2) is 0 Å². The molecule has 1 aliphatic rings. The number of hydrogen-bond donors (Lipinski definition) is 0. The number of ether oxygens (including phenoxy) is 2. The summed E-state index contributed by atoms with van der Waals surface area (Å²) in [5.74, 6) is 0. The van der Waals surface area contributed by atoms with Gasteiger partial charge in [-0.2, -0.15) is 0 Å². The maximum absolute atomic E-state index is 6.08. The quantitative estimate of drug-likeness (QED) is 0.541. The van der Waals surface area contributed by atoms with E-state index in [-0.39, 0.29) is 5.60 Å². The summed E-state index contributed by atoms with van der Waals surface area (Å²) in [6.45, 7) is 10.6. The maximum Gasteiger partial charge on any atom is 0.108 e. The molecule has 1 atom stereocenters. The van der Waals surface area contributed by atoms with Crippen molar-refractivity contribution in [2.75, 3.05) is 13.2 Å². The van der Waals surface area contributed by atoms with E-state index in [1.807, 2.05) is 0 Å². The molecule has 0 aromatic rings. The van der Waals surface area contributed by atoms with Crippen molar-refractivity contribution in [2.24, 2.45) is 0 Å². The normalized spacial score (nSPS) is 23.7. The monoisotopic (exact) mass is 266 g/mol. The van der Waals surface area contributed by atoms with Crippen molar-refractivity contribution >= 4 is 7.85 Å². The van der Waals surface area contributed by atoms with Crippen molar-refractivity contribution < 1.29 is 9.47 Å². The first-order valence-corrected chi connectivity index (χ1v) is 7.69. The second-order valence-corrected chi connectivity index (χ2v) is 7.45. The van der Waals surface area contributed by atoms with Gasteiger partial charge < -0.3 is 9.47 Å². The van der Waals surface area contributed by atoms with Crippen LogP contribution in [-0.2, 0) is 9.47 Å². The first-order valence-electron chi connectivity index (χ1n) is 7.69. The van der Waals surface area contributed by atoms with E-state index in [2.05, 4.69) is 47.7 Å². The van der Waals surface area contributed by atoms with E-state index in [1.54, 1.807) is 0 Å². The summed E-state index contributed by atoms with van der Waals surface area (Å²) in [4.78, 5) is 0. The fraction of sp³-hybridized carbons (Fsp3) is 0.875. The van der Waals surface area contributed by atoms with Gasteiger partial charge in [0.1, 0.15) is 7.85 Å². The first-order chi connectivity index (χ1) is 8.79. The molecule has 0 saturated carbocycles. The Balaban J connectivity index is 2.33. The predicted molar refractivity (Wildman–Crippen MR) is 84.6 cm³/mol. The van der Waals surface area contributed by atoms with Gasteiger partial charge in [0.2, 0.25) is 0 Å². The molecular formula is C16H31BO2. The van der Waals surface area contributed by atoms with Crippen molar-refractivity contribution in [3.05, 3.63) is 12.2 Å². The highest BCUT2D eigenvalue weighted by Gasteiger charge is 2.25. The summed E-state index contributed by atoms with van der Waals surface area (Å²) < 4.78 is 12.0. The minimum Gasteiger partial charge on any atom is -0.378 e. The third kappa shape index (κ3) is 8.49. The summed E-state index contributed by atoms with van der Waals surface area (Å²) >= 11 is 0. The highest BCUT2D eigenvalue weighted by molar-refractivity contribution is 6.14. The molecule has 0 N–H and O–H groups in total. The second kappa shape index (κ2) is 7.49. The summed E-state index contributed by atoms with van der Waals surface area (Å²) in [6, 6.07) is 0. The van der Waals surface area contributed by atoms with Gasteiger partial charge in [-0.05, 0) is 39.5 Å². The van der Waals surface area contributed by atoms with Crippen LogP contribution in [0.5, 0.6) is 0 Å². The van der Waals surface area contributed by atoms with Crippen LogP contribution in [0.25, 0.3) is 0 Å². The van der Waals surface area contributed by atoms with Gasteiger partial charge >= 0.3 is 0 Å². The zero-order chi connectivity index (χ0) is 14.4. The van der Waals surface area contributed by atoms with Gasteiger partial charge in [-0.15, -0.1) is 0 Å². The van der Waals surface area contributed by atoms with E-state index in [0.29, 0.717) is 11.4 Å². The first kappa shape index (κ1) is 16.8. The van der Waals surface area contributed by atoms with Gasteiger partial charge in [0, 0.05) is 13.0 Å². The van der Waals surface area contributed by atoms with E-state index < -0.39 is 0 Å². The van der Waals surface area contributed by atoms with Crippen molar-refractivity contribution in [3.8, 4) is 0 Å². The number of allylic oxidation sites excluding steroid dienone is 1. The maximum atomic E-state index is 6.08. The standard InChI is InChI=1S/C16H31BO2/c1-15(2,17)10-12-19-16(3,4)13-14-9-7-5-6-8-11-18-14/h5-6,14H,7-13,17H2,1-4H3/b6-5+/t14-/m0/s1. The molecule has 19 heavy (non-hydrogen) atoms. The molecule has 2 nitrogen and oxygen atoms in total. The van der Waals surface area contributed by atoms with Crippen molar-refractivity contribution in [2.45, 2.75) is 76.8 Å². The summed E-state index contributed by atoms with van der Waals surface area (Å²) in [7, 11) is 2.26. The molecule has 110 valence electrons. The molecule has 0 aliphatic carbocycles. The van der Waals surface area contributed by atoms with E-state index in [0.717, 1.165) is 45.3 Å². The molecule has 0 aromatic carbocycles. The highest BCUT2D eigenvalue weighted by atomic mass is 16.5. The molecule has 0 amide bonds. The fourth-order valence-corrected chi connectivity index (χ4v) is 2.31. The molecule has 1 heterocycles. The third-order valence-corrected chi connectivity index (χ3v) is 3.52. The summed E-state index contributed by atoms with van der Waals surface area (Å²) in [6.07, 6.45) is 10.2. The largest absolute Gasteiger partial charge is 0.378 e. The van der Waals surface area contributed by atoms with E-state index in [1.165, 1.54) is 0 Å². The van der Waals surface area contributed by atoms with Crippen LogP contribution < -0.4 is 0 Å². The Morgan fingerprint density at radius 1 is 1.21 bits per heavy atom. The van der Waals surface area contributed by atoms with Crippen LogP contribution in [0.3, 0.4) is 0 Å². The topological polar surface area (TPSA) is 18.5 Å². The Morgan fingerprint density at radius 2 is 1.89 bits per heavy atom. The lowest BCUT2D eigenvalue weighted by Gasteiger charge is -2.31. The van der Waals surface area contributed by atoms with Crippen LogP contribution in [0, 0.1) is 0 Å². The average Bonchev–Trinajstić information content (AvgIpc) is 2.19. The Bertz CT molecular complexity index is 279. The van der Waals surface area contributed by atoms with Gasteiger partial charge in [-0.3, -0.25) is 0 Å². The van der Waals surface area contributed by atoms with Gasteiger partial charge in [-0.25, -0.2) is 0 Å². The lowest BCUT2D eigenvalue weighted by molar-refractivity contribution is -0.0693. The van der Waals surface area contributed by atoms with Crippen molar-refractivity contribution in [1.82, 2.24) is 0 Å². The summed E-state index contributed by atoms with van der Waals surface area (Å²) in [5.41, 5.74) is -0.0845. The van der Waals surface area contributed by atoms with Crippen molar-refractivity contribution in [1.29, 1.82) is 0 Å². The zero-order valence-electron chi connectivity index (χ0n) is 13.5. The molecule has 1 aliphatic heterocycles. The van der Waals surface area contributed by atoms with Crippen LogP contribution in [0.1, 0.15) is 59.8 Å². The number of hydrogen-bond acceptors (Lipinski definition) is 2. The molecule has 0 fully saturated rings. The minimum absolute atomic E-state index is 0.0845. The Kier molecular flexibility index (Phi) is 6.62. The number of rotatable bonds is 6. The highest BCUT2D eigenvalue weighted by Crippen LogP contribution is 2.27. The Hall–Kier alpha value is -0.275. The van der Waals surface area contributed by atoms with Gasteiger partial charge in [0.05, 0.1) is 18.3 Å². The smallest absolute Gasteiger partial charge is 0.108 e. The third-order valence-electron chi connectivity index (χ3n) is 3.52. The SMILES string of the molecule is BC(C)(C)CCOC(C)(C)C[C@@H]1CC/C=C/CCO1. The lowest BCUT2D eigenvalue weighted by atomic mass is 9.70. The molecule has 0 unspecified atom stereocenters. The molecular weight excluding hydrogens is 235 g/mol. The molecule has 0 saturated heterocycles. The van der Waals surface area contributed by atoms with Crippen molar-refractivity contribution in [3.63, 3.8) is 0 Å². The molecule has 1 rings (SSSR count). The summed E-state index contributed by atoms with van der Waals surface area (Å²) in [5, 5.41) is 0.345. The van der Waals surface area contributed by atoms with Crippen LogP contribution in [-0.4, -0.2) is 32.8 Å².